The van der Waals surface area contributed by atoms with Gasteiger partial charge in [-0.3, -0.25) is 10.0 Å². The van der Waals surface area contributed by atoms with Crippen LogP contribution in [-0.2, 0) is 9.53 Å². The molecule has 0 radical (unpaired) electrons. The molecule has 0 aromatic rings. The Labute approximate surface area is 152 Å². The molecule has 0 aliphatic rings. The molecule has 0 spiro atoms. The van der Waals surface area contributed by atoms with Crippen LogP contribution in [0, 0.1) is 0 Å². The van der Waals surface area contributed by atoms with Crippen molar-refractivity contribution >= 4 is 12.0 Å². The summed E-state index contributed by atoms with van der Waals surface area (Å²) < 4.78 is 5.14. The molecule has 6 nitrogen and oxygen atoms in total. The number of rotatable bonds is 12. The molecule has 146 valence electrons. The predicted molar refractivity (Wildman–Crippen MR) is 99.5 cm³/mol. The Morgan fingerprint density at radius 1 is 1.08 bits per heavy atom. The Balaban J connectivity index is 3.61. The van der Waals surface area contributed by atoms with E-state index in [1.807, 2.05) is 26.8 Å². The summed E-state index contributed by atoms with van der Waals surface area (Å²) in [7, 11) is 0. The van der Waals surface area contributed by atoms with Crippen LogP contribution in [0.15, 0.2) is 12.2 Å². The van der Waals surface area contributed by atoms with Crippen LogP contribution in [0.1, 0.15) is 79.1 Å². The second-order valence-corrected chi connectivity index (χ2v) is 7.20. The number of nitrogens with one attached hydrogen (secondary N) is 1. The number of allylic oxidation sites excluding steroid dienone is 1. The number of ether oxygens (including phenoxy) is 1. The molecule has 0 rings (SSSR count). The van der Waals surface area contributed by atoms with Crippen LogP contribution in [0.2, 0.25) is 0 Å². The average Bonchev–Trinajstić information content (AvgIpc) is 2.51. The fraction of sp³-hybridized carbons (Fsp3) is 0.789. The summed E-state index contributed by atoms with van der Waals surface area (Å²) in [6.07, 6.45) is 10.5. The second kappa shape index (κ2) is 13.7. The summed E-state index contributed by atoms with van der Waals surface area (Å²) in [5.74, 6) is -0.358. The molecule has 2 amide bonds. The predicted octanol–water partition coefficient (Wildman–Crippen LogP) is 4.43. The molecule has 6 heteroatoms. The van der Waals surface area contributed by atoms with Gasteiger partial charge in [-0.05, 0) is 46.5 Å². The highest BCUT2D eigenvalue weighted by molar-refractivity contribution is 5.86. The number of carbonyl (C=O) groups is 2. The zero-order valence-corrected chi connectivity index (χ0v) is 16.3. The highest BCUT2D eigenvalue weighted by Gasteiger charge is 2.15. The van der Waals surface area contributed by atoms with E-state index in [1.165, 1.54) is 6.08 Å². The Bertz CT molecular complexity index is 403. The Morgan fingerprint density at radius 2 is 1.76 bits per heavy atom. The summed E-state index contributed by atoms with van der Waals surface area (Å²) in [5.41, 5.74) is -0.481. The van der Waals surface area contributed by atoms with E-state index >= 15 is 0 Å². The van der Waals surface area contributed by atoms with Gasteiger partial charge < -0.3 is 10.1 Å². The van der Waals surface area contributed by atoms with Gasteiger partial charge >= 0.3 is 6.09 Å². The van der Waals surface area contributed by atoms with E-state index in [0.717, 1.165) is 56.4 Å². The van der Waals surface area contributed by atoms with Gasteiger partial charge in [0, 0.05) is 19.2 Å². The van der Waals surface area contributed by atoms with Gasteiger partial charge in [-0.25, -0.2) is 9.86 Å². The third kappa shape index (κ3) is 15.7. The SMILES string of the molecule is CCCCC/C=C/C(=O)N(O)CCCCCCNC(=O)OC(C)(C)C. The van der Waals surface area contributed by atoms with E-state index < -0.39 is 11.7 Å². The van der Waals surface area contributed by atoms with Gasteiger partial charge in [-0.1, -0.05) is 38.7 Å². The van der Waals surface area contributed by atoms with Gasteiger partial charge in [0.1, 0.15) is 5.60 Å². The van der Waals surface area contributed by atoms with E-state index in [9.17, 15) is 14.8 Å². The number of hydroxylamine groups is 2. The monoisotopic (exact) mass is 356 g/mol. The van der Waals surface area contributed by atoms with Crippen molar-refractivity contribution in [1.29, 1.82) is 0 Å². The molecule has 0 unspecified atom stereocenters. The maximum atomic E-state index is 11.7. The highest BCUT2D eigenvalue weighted by atomic mass is 16.6. The third-order valence-electron chi connectivity index (χ3n) is 3.45. The van der Waals surface area contributed by atoms with Crippen LogP contribution in [0.5, 0.6) is 0 Å². The number of unbranched alkanes of at least 4 members (excludes halogenated alkanes) is 6. The molecular weight excluding hydrogens is 320 g/mol. The summed E-state index contributed by atoms with van der Waals surface area (Å²) in [6.45, 7) is 8.52. The Morgan fingerprint density at radius 3 is 2.40 bits per heavy atom. The van der Waals surface area contributed by atoms with Gasteiger partial charge in [-0.2, -0.15) is 0 Å². The van der Waals surface area contributed by atoms with E-state index in [0.29, 0.717) is 13.1 Å². The van der Waals surface area contributed by atoms with Gasteiger partial charge in [-0.15, -0.1) is 0 Å². The fourth-order valence-corrected chi connectivity index (χ4v) is 2.14. The van der Waals surface area contributed by atoms with E-state index in [2.05, 4.69) is 12.2 Å². The maximum Gasteiger partial charge on any atom is 0.407 e. The molecule has 0 saturated heterocycles. The van der Waals surface area contributed by atoms with Crippen molar-refractivity contribution in [3.05, 3.63) is 12.2 Å². The van der Waals surface area contributed by atoms with Gasteiger partial charge in [0.15, 0.2) is 0 Å². The third-order valence-corrected chi connectivity index (χ3v) is 3.45. The molecule has 0 aliphatic carbocycles. The normalized spacial score (nSPS) is 11.6. The first-order valence-electron chi connectivity index (χ1n) is 9.40. The molecule has 2 N–H and O–H groups in total. The van der Waals surface area contributed by atoms with Crippen LogP contribution in [-0.4, -0.2) is 41.0 Å². The molecule has 0 aliphatic heterocycles. The number of hydrogen-bond donors (Lipinski definition) is 2. The number of hydrogen-bond acceptors (Lipinski definition) is 4. The van der Waals surface area contributed by atoms with E-state index in [1.54, 1.807) is 0 Å². The minimum Gasteiger partial charge on any atom is -0.444 e. The second-order valence-electron chi connectivity index (χ2n) is 7.20. The van der Waals surface area contributed by atoms with Crippen LogP contribution in [0.3, 0.4) is 0 Å². The number of carbonyl (C=O) groups excluding carboxylic acids is 2. The Kier molecular flexibility index (Phi) is 12.8. The van der Waals surface area contributed by atoms with Crippen molar-refractivity contribution < 1.29 is 19.5 Å². The van der Waals surface area contributed by atoms with Crippen molar-refractivity contribution in [3.8, 4) is 0 Å². The van der Waals surface area contributed by atoms with Gasteiger partial charge in [0.25, 0.3) is 5.91 Å². The minimum atomic E-state index is -0.481. The van der Waals surface area contributed by atoms with E-state index in [4.69, 9.17) is 4.74 Å². The standard InChI is InChI=1S/C19H36N2O4/c1-5-6-7-8-11-14-17(22)21(24)16-13-10-9-12-15-20-18(23)25-19(2,3)4/h11,14,24H,5-10,12-13,15-16H2,1-4H3,(H,20,23)/b14-11+. The zero-order chi connectivity index (χ0) is 19.1. The maximum absolute atomic E-state index is 11.7. The lowest BCUT2D eigenvalue weighted by Gasteiger charge is -2.19. The highest BCUT2D eigenvalue weighted by Crippen LogP contribution is 2.07. The average molecular weight is 357 g/mol. The van der Waals surface area contributed by atoms with Crippen molar-refractivity contribution in [2.75, 3.05) is 13.1 Å². The molecule has 0 atom stereocenters. The van der Waals surface area contributed by atoms with Gasteiger partial charge in [0.2, 0.25) is 0 Å². The lowest BCUT2D eigenvalue weighted by molar-refractivity contribution is -0.159. The van der Waals surface area contributed by atoms with E-state index in [-0.39, 0.29) is 5.91 Å². The molecule has 0 aromatic heterocycles. The first-order chi connectivity index (χ1) is 11.8. The van der Waals surface area contributed by atoms with Crippen LogP contribution < -0.4 is 5.32 Å². The van der Waals surface area contributed by atoms with Crippen molar-refractivity contribution in [2.24, 2.45) is 0 Å². The lowest BCUT2D eigenvalue weighted by Crippen LogP contribution is -2.33. The summed E-state index contributed by atoms with van der Waals surface area (Å²) in [5, 5.41) is 13.1. The first kappa shape index (κ1) is 23.4. The molecule has 0 saturated carbocycles. The van der Waals surface area contributed by atoms with Crippen molar-refractivity contribution in [2.45, 2.75) is 84.7 Å². The molecule has 0 aromatic carbocycles. The molecular formula is C19H36N2O4. The molecule has 0 fully saturated rings. The van der Waals surface area contributed by atoms with Crippen LogP contribution in [0.4, 0.5) is 4.79 Å². The summed E-state index contributed by atoms with van der Waals surface area (Å²) >= 11 is 0. The molecule has 25 heavy (non-hydrogen) atoms. The molecule has 0 heterocycles. The quantitative estimate of drug-likeness (QED) is 0.235. The topological polar surface area (TPSA) is 78.9 Å². The fourth-order valence-electron chi connectivity index (χ4n) is 2.14. The number of nitrogens with zero attached hydrogens (tertiary/aromatic N) is 1. The van der Waals surface area contributed by atoms with Crippen LogP contribution >= 0.6 is 0 Å². The van der Waals surface area contributed by atoms with Gasteiger partial charge in [0.05, 0.1) is 0 Å². The minimum absolute atomic E-state index is 0.331. The summed E-state index contributed by atoms with van der Waals surface area (Å²) in [6, 6.07) is 0. The Hall–Kier alpha value is -1.56. The van der Waals surface area contributed by atoms with Crippen LogP contribution in [0.25, 0.3) is 0 Å². The molecule has 0 bridgehead atoms. The number of alkyl carbamates (subject to hydrolysis) is 1. The number of amides is 2. The smallest absolute Gasteiger partial charge is 0.407 e. The van der Waals surface area contributed by atoms with Crippen molar-refractivity contribution in [3.63, 3.8) is 0 Å². The summed E-state index contributed by atoms with van der Waals surface area (Å²) in [4.78, 5) is 23.1. The lowest BCUT2D eigenvalue weighted by atomic mass is 10.2. The first-order valence-corrected chi connectivity index (χ1v) is 9.40. The zero-order valence-electron chi connectivity index (χ0n) is 16.3. The van der Waals surface area contributed by atoms with Crippen molar-refractivity contribution in [1.82, 2.24) is 10.4 Å². The largest absolute Gasteiger partial charge is 0.444 e.